The monoisotopic (exact) mass is 313 g/mol. The SMILES string of the molecule is O=C(NNC(=O)c1ccccc1N1CCCC1=O)c1ccco1. The number of carbonyl (C=O) groups is 3. The zero-order valence-corrected chi connectivity index (χ0v) is 12.2. The lowest BCUT2D eigenvalue weighted by atomic mass is 10.1. The van der Waals surface area contributed by atoms with E-state index in [2.05, 4.69) is 10.9 Å². The van der Waals surface area contributed by atoms with Crippen LogP contribution in [0.4, 0.5) is 5.69 Å². The van der Waals surface area contributed by atoms with Crippen LogP contribution in [0.15, 0.2) is 47.1 Å². The number of benzene rings is 1. The van der Waals surface area contributed by atoms with Gasteiger partial charge < -0.3 is 9.32 Å². The lowest BCUT2D eigenvalue weighted by molar-refractivity contribution is -0.117. The van der Waals surface area contributed by atoms with E-state index in [0.29, 0.717) is 24.2 Å². The van der Waals surface area contributed by atoms with Gasteiger partial charge in [0.05, 0.1) is 17.5 Å². The molecule has 1 aromatic carbocycles. The Morgan fingerprint density at radius 1 is 1.04 bits per heavy atom. The Hall–Kier alpha value is -3.09. The highest BCUT2D eigenvalue weighted by Gasteiger charge is 2.25. The van der Waals surface area contributed by atoms with E-state index >= 15 is 0 Å². The summed E-state index contributed by atoms with van der Waals surface area (Å²) in [4.78, 5) is 37.5. The molecule has 0 unspecified atom stereocenters. The first-order valence-corrected chi connectivity index (χ1v) is 7.20. The Bertz CT molecular complexity index is 740. The van der Waals surface area contributed by atoms with Crippen molar-refractivity contribution in [3.63, 3.8) is 0 Å². The Morgan fingerprint density at radius 3 is 2.52 bits per heavy atom. The van der Waals surface area contributed by atoms with Gasteiger partial charge in [-0.15, -0.1) is 0 Å². The standard InChI is InChI=1S/C16H15N3O4/c20-14-8-3-9-19(14)12-6-2-1-5-11(12)15(21)17-18-16(22)13-7-4-10-23-13/h1-2,4-7,10H,3,8-9H2,(H,17,21)(H,18,22). The van der Waals surface area contributed by atoms with Crippen molar-refractivity contribution in [1.29, 1.82) is 0 Å². The summed E-state index contributed by atoms with van der Waals surface area (Å²) in [6, 6.07) is 9.84. The average molecular weight is 313 g/mol. The molecule has 0 bridgehead atoms. The maximum Gasteiger partial charge on any atom is 0.305 e. The molecule has 0 radical (unpaired) electrons. The number of furan rings is 1. The first kappa shape index (κ1) is 14.8. The molecule has 3 rings (SSSR count). The first-order chi connectivity index (χ1) is 11.2. The van der Waals surface area contributed by atoms with Crippen LogP contribution >= 0.6 is 0 Å². The average Bonchev–Trinajstić information content (AvgIpc) is 3.23. The van der Waals surface area contributed by atoms with Crippen LogP contribution in [-0.2, 0) is 4.79 Å². The molecule has 118 valence electrons. The maximum atomic E-state index is 12.3. The van der Waals surface area contributed by atoms with Gasteiger partial charge in [-0.1, -0.05) is 12.1 Å². The third kappa shape index (κ3) is 3.08. The van der Waals surface area contributed by atoms with Crippen LogP contribution in [0, 0.1) is 0 Å². The normalized spacial score (nSPS) is 13.9. The number of carbonyl (C=O) groups excluding carboxylic acids is 3. The minimum absolute atomic E-state index is 0.00938. The van der Waals surface area contributed by atoms with Crippen molar-refractivity contribution in [3.05, 3.63) is 54.0 Å². The van der Waals surface area contributed by atoms with Crippen LogP contribution in [0.2, 0.25) is 0 Å². The summed E-state index contributed by atoms with van der Waals surface area (Å²) in [7, 11) is 0. The van der Waals surface area contributed by atoms with Crippen LogP contribution in [0.5, 0.6) is 0 Å². The number of para-hydroxylation sites is 1. The molecule has 1 aliphatic heterocycles. The largest absolute Gasteiger partial charge is 0.459 e. The topological polar surface area (TPSA) is 91.7 Å². The molecule has 0 aliphatic carbocycles. The van der Waals surface area contributed by atoms with Crippen molar-refractivity contribution in [2.45, 2.75) is 12.8 Å². The van der Waals surface area contributed by atoms with E-state index in [9.17, 15) is 14.4 Å². The number of hydrazine groups is 1. The summed E-state index contributed by atoms with van der Waals surface area (Å²) in [6.45, 7) is 0.585. The van der Waals surface area contributed by atoms with Gasteiger partial charge in [-0.25, -0.2) is 0 Å². The molecule has 1 fully saturated rings. The molecule has 3 amide bonds. The maximum absolute atomic E-state index is 12.3. The molecule has 7 heteroatoms. The molecule has 2 aromatic rings. The van der Waals surface area contributed by atoms with Crippen molar-refractivity contribution in [2.75, 3.05) is 11.4 Å². The van der Waals surface area contributed by atoms with Gasteiger partial charge in [-0.2, -0.15) is 0 Å². The van der Waals surface area contributed by atoms with Gasteiger partial charge in [0.15, 0.2) is 5.76 Å². The van der Waals surface area contributed by atoms with Crippen molar-refractivity contribution >= 4 is 23.4 Å². The van der Waals surface area contributed by atoms with E-state index in [0.717, 1.165) is 6.42 Å². The van der Waals surface area contributed by atoms with Crippen LogP contribution in [0.25, 0.3) is 0 Å². The van der Waals surface area contributed by atoms with E-state index in [-0.39, 0.29) is 11.7 Å². The second-order valence-corrected chi connectivity index (χ2v) is 5.05. The molecule has 0 saturated carbocycles. The lowest BCUT2D eigenvalue weighted by Gasteiger charge is -2.19. The predicted octanol–water partition coefficient (Wildman–Crippen LogP) is 1.48. The zero-order chi connectivity index (χ0) is 16.2. The van der Waals surface area contributed by atoms with Crippen LogP contribution in [0.3, 0.4) is 0 Å². The van der Waals surface area contributed by atoms with E-state index in [1.807, 2.05) is 0 Å². The summed E-state index contributed by atoms with van der Waals surface area (Å²) in [5.41, 5.74) is 5.47. The predicted molar refractivity (Wildman–Crippen MR) is 81.7 cm³/mol. The van der Waals surface area contributed by atoms with Gasteiger partial charge in [-0.05, 0) is 30.7 Å². The van der Waals surface area contributed by atoms with Crippen molar-refractivity contribution in [3.8, 4) is 0 Å². The van der Waals surface area contributed by atoms with Crippen LogP contribution in [-0.4, -0.2) is 24.3 Å². The molecule has 2 heterocycles. The zero-order valence-electron chi connectivity index (χ0n) is 12.2. The van der Waals surface area contributed by atoms with Crippen LogP contribution < -0.4 is 15.8 Å². The van der Waals surface area contributed by atoms with Crippen molar-refractivity contribution in [1.82, 2.24) is 10.9 Å². The molecule has 2 N–H and O–H groups in total. The van der Waals surface area contributed by atoms with Gasteiger partial charge in [-0.3, -0.25) is 25.2 Å². The van der Waals surface area contributed by atoms with E-state index in [4.69, 9.17) is 4.42 Å². The molecule has 0 spiro atoms. The molecule has 1 aromatic heterocycles. The minimum atomic E-state index is -0.557. The van der Waals surface area contributed by atoms with E-state index in [1.165, 1.54) is 12.3 Å². The highest BCUT2D eigenvalue weighted by Crippen LogP contribution is 2.25. The Kier molecular flexibility index (Phi) is 4.09. The second-order valence-electron chi connectivity index (χ2n) is 5.05. The first-order valence-electron chi connectivity index (χ1n) is 7.20. The number of hydrogen-bond donors (Lipinski definition) is 2. The summed E-state index contributed by atoms with van der Waals surface area (Å²) >= 11 is 0. The molecule has 23 heavy (non-hydrogen) atoms. The minimum Gasteiger partial charge on any atom is -0.459 e. The molecule has 1 saturated heterocycles. The number of nitrogens with zero attached hydrogens (tertiary/aromatic N) is 1. The Labute approximate surface area is 132 Å². The smallest absolute Gasteiger partial charge is 0.305 e. The summed E-state index contributed by atoms with van der Waals surface area (Å²) in [5, 5.41) is 0. The molecule has 0 atom stereocenters. The van der Waals surface area contributed by atoms with Crippen molar-refractivity contribution in [2.24, 2.45) is 0 Å². The number of rotatable bonds is 3. The fraction of sp³-hybridized carbons (Fsp3) is 0.188. The molecular weight excluding hydrogens is 298 g/mol. The Morgan fingerprint density at radius 2 is 1.83 bits per heavy atom. The quantitative estimate of drug-likeness (QED) is 0.840. The summed E-state index contributed by atoms with van der Waals surface area (Å²) in [6.07, 6.45) is 2.61. The number of amides is 3. The fourth-order valence-electron chi connectivity index (χ4n) is 2.45. The lowest BCUT2D eigenvalue weighted by Crippen LogP contribution is -2.42. The molecule has 7 nitrogen and oxygen atoms in total. The van der Waals surface area contributed by atoms with Gasteiger partial charge in [0.1, 0.15) is 0 Å². The van der Waals surface area contributed by atoms with Gasteiger partial charge in [0.2, 0.25) is 5.91 Å². The van der Waals surface area contributed by atoms with E-state index in [1.54, 1.807) is 35.2 Å². The molecule has 1 aliphatic rings. The third-order valence-corrected chi connectivity index (χ3v) is 3.55. The number of nitrogens with one attached hydrogen (secondary N) is 2. The van der Waals surface area contributed by atoms with Crippen molar-refractivity contribution < 1.29 is 18.8 Å². The van der Waals surface area contributed by atoms with E-state index < -0.39 is 11.8 Å². The molecular formula is C16H15N3O4. The van der Waals surface area contributed by atoms with Crippen LogP contribution in [0.1, 0.15) is 33.8 Å². The van der Waals surface area contributed by atoms with Gasteiger partial charge in [0, 0.05) is 13.0 Å². The van der Waals surface area contributed by atoms with Gasteiger partial charge >= 0.3 is 5.91 Å². The highest BCUT2D eigenvalue weighted by molar-refractivity contribution is 6.06. The summed E-state index contributed by atoms with van der Waals surface area (Å²) in [5.74, 6) is -0.975. The highest BCUT2D eigenvalue weighted by atomic mass is 16.3. The van der Waals surface area contributed by atoms with Gasteiger partial charge in [0.25, 0.3) is 5.91 Å². The number of anilines is 1. The summed E-state index contributed by atoms with van der Waals surface area (Å²) < 4.78 is 4.94. The second kappa shape index (κ2) is 6.35. The Balaban J connectivity index is 1.72. The number of hydrogen-bond acceptors (Lipinski definition) is 4. The fourth-order valence-corrected chi connectivity index (χ4v) is 2.45. The third-order valence-electron chi connectivity index (χ3n) is 3.55.